The van der Waals surface area contributed by atoms with Crippen LogP contribution in [0.5, 0.6) is 11.5 Å². The van der Waals surface area contributed by atoms with Crippen molar-refractivity contribution in [3.63, 3.8) is 0 Å². The van der Waals surface area contributed by atoms with Gasteiger partial charge in [0.25, 0.3) is 0 Å². The van der Waals surface area contributed by atoms with Crippen LogP contribution in [0.2, 0.25) is 0 Å². The lowest BCUT2D eigenvalue weighted by molar-refractivity contribution is -0.125. The van der Waals surface area contributed by atoms with Crippen LogP contribution in [0.3, 0.4) is 0 Å². The molecule has 0 fully saturated rings. The van der Waals surface area contributed by atoms with E-state index in [0.717, 1.165) is 46.6 Å². The molecular formula is C17H18BrN3O3. The number of fused-ring (bicyclic) bond motifs is 2. The van der Waals surface area contributed by atoms with Gasteiger partial charge in [-0.15, -0.1) is 0 Å². The molecule has 2 aliphatic heterocycles. The lowest BCUT2D eigenvalue weighted by atomic mass is 9.95. The third kappa shape index (κ3) is 3.00. The zero-order chi connectivity index (χ0) is 16.5. The number of aromatic nitrogens is 2. The van der Waals surface area contributed by atoms with Crippen molar-refractivity contribution in [2.24, 2.45) is 5.92 Å². The SMILES string of the molecule is O=C(NCc1cc(Br)c2c(c1)OCCO2)[C@@H]1CCn2cncc2C1. The van der Waals surface area contributed by atoms with Gasteiger partial charge in [0.15, 0.2) is 11.5 Å². The Balaban J connectivity index is 1.40. The van der Waals surface area contributed by atoms with E-state index in [1.54, 1.807) is 0 Å². The fraction of sp³-hybridized carbons (Fsp3) is 0.412. The Morgan fingerprint density at radius 1 is 1.38 bits per heavy atom. The monoisotopic (exact) mass is 391 g/mol. The summed E-state index contributed by atoms with van der Waals surface area (Å²) in [6, 6.07) is 3.89. The molecule has 126 valence electrons. The van der Waals surface area contributed by atoms with Crippen LogP contribution >= 0.6 is 15.9 Å². The second-order valence-corrected chi connectivity index (χ2v) is 6.94. The second kappa shape index (κ2) is 6.47. The summed E-state index contributed by atoms with van der Waals surface area (Å²) >= 11 is 3.50. The maximum Gasteiger partial charge on any atom is 0.223 e. The van der Waals surface area contributed by atoms with Gasteiger partial charge in [-0.2, -0.15) is 0 Å². The van der Waals surface area contributed by atoms with Crippen LogP contribution in [0.15, 0.2) is 29.1 Å². The van der Waals surface area contributed by atoms with E-state index in [0.29, 0.717) is 19.8 Å². The van der Waals surface area contributed by atoms with Crippen molar-refractivity contribution in [3.05, 3.63) is 40.4 Å². The number of rotatable bonds is 3. The van der Waals surface area contributed by atoms with Gasteiger partial charge in [0.1, 0.15) is 13.2 Å². The van der Waals surface area contributed by atoms with Gasteiger partial charge in [-0.25, -0.2) is 4.98 Å². The topological polar surface area (TPSA) is 65.4 Å². The van der Waals surface area contributed by atoms with Gasteiger partial charge in [-0.1, -0.05) is 0 Å². The van der Waals surface area contributed by atoms with Crippen molar-refractivity contribution in [2.45, 2.75) is 25.9 Å². The van der Waals surface area contributed by atoms with Gasteiger partial charge in [0.2, 0.25) is 5.91 Å². The molecule has 0 unspecified atom stereocenters. The molecule has 0 radical (unpaired) electrons. The van der Waals surface area contributed by atoms with E-state index in [4.69, 9.17) is 9.47 Å². The fourth-order valence-corrected chi connectivity index (χ4v) is 3.80. The van der Waals surface area contributed by atoms with Gasteiger partial charge in [-0.3, -0.25) is 4.79 Å². The van der Waals surface area contributed by atoms with Crippen LogP contribution in [0.25, 0.3) is 0 Å². The van der Waals surface area contributed by atoms with Gasteiger partial charge >= 0.3 is 0 Å². The molecule has 24 heavy (non-hydrogen) atoms. The Labute approximate surface area is 148 Å². The molecule has 2 aliphatic rings. The number of benzene rings is 1. The Hall–Kier alpha value is -2.02. The van der Waals surface area contributed by atoms with Gasteiger partial charge < -0.3 is 19.4 Å². The van der Waals surface area contributed by atoms with E-state index in [1.165, 1.54) is 0 Å². The molecule has 1 N–H and O–H groups in total. The molecule has 0 spiro atoms. The molecule has 1 aromatic heterocycles. The minimum atomic E-state index is 0.00912. The van der Waals surface area contributed by atoms with E-state index >= 15 is 0 Å². The molecule has 3 heterocycles. The van der Waals surface area contributed by atoms with Crippen molar-refractivity contribution >= 4 is 21.8 Å². The summed E-state index contributed by atoms with van der Waals surface area (Å²) in [5.41, 5.74) is 2.11. The van der Waals surface area contributed by atoms with Crippen LogP contribution in [0.1, 0.15) is 17.7 Å². The number of nitrogens with zero attached hydrogens (tertiary/aromatic N) is 2. The van der Waals surface area contributed by atoms with Crippen LogP contribution < -0.4 is 14.8 Å². The van der Waals surface area contributed by atoms with Crippen molar-refractivity contribution in [3.8, 4) is 11.5 Å². The summed E-state index contributed by atoms with van der Waals surface area (Å²) < 4.78 is 14.2. The van der Waals surface area contributed by atoms with Gasteiger partial charge in [0.05, 0.1) is 10.8 Å². The first-order valence-corrected chi connectivity index (χ1v) is 8.85. The Kier molecular flexibility index (Phi) is 4.18. The molecule has 7 heteroatoms. The summed E-state index contributed by atoms with van der Waals surface area (Å²) in [5.74, 6) is 1.56. The lowest BCUT2D eigenvalue weighted by Gasteiger charge is -2.23. The average molecular weight is 392 g/mol. The number of hydrogen-bond acceptors (Lipinski definition) is 4. The van der Waals surface area contributed by atoms with Gasteiger partial charge in [0, 0.05) is 37.3 Å². The lowest BCUT2D eigenvalue weighted by Crippen LogP contribution is -2.34. The number of halogens is 1. The number of carbonyl (C=O) groups excluding carboxylic acids is 1. The van der Waals surface area contributed by atoms with E-state index in [2.05, 4.69) is 30.8 Å². The number of aryl methyl sites for hydroxylation is 1. The molecule has 2 aromatic rings. The third-order valence-corrected chi connectivity index (χ3v) is 5.06. The van der Waals surface area contributed by atoms with Crippen molar-refractivity contribution in [2.75, 3.05) is 13.2 Å². The minimum absolute atomic E-state index is 0.00912. The number of ether oxygens (including phenoxy) is 2. The molecule has 4 rings (SSSR count). The second-order valence-electron chi connectivity index (χ2n) is 6.09. The maximum absolute atomic E-state index is 12.5. The predicted octanol–water partition coefficient (Wildman–Crippen LogP) is 2.30. The maximum atomic E-state index is 12.5. The number of hydrogen-bond donors (Lipinski definition) is 1. The fourth-order valence-electron chi connectivity index (χ4n) is 3.19. The van der Waals surface area contributed by atoms with E-state index < -0.39 is 0 Å². The normalized spacial score (nSPS) is 18.8. The third-order valence-electron chi connectivity index (χ3n) is 4.47. The molecule has 0 bridgehead atoms. The summed E-state index contributed by atoms with van der Waals surface area (Å²) in [6.07, 6.45) is 5.27. The van der Waals surface area contributed by atoms with Gasteiger partial charge in [-0.05, 0) is 40.0 Å². The minimum Gasteiger partial charge on any atom is -0.486 e. The van der Waals surface area contributed by atoms with E-state index in [1.807, 2.05) is 24.7 Å². The zero-order valence-electron chi connectivity index (χ0n) is 13.1. The highest BCUT2D eigenvalue weighted by Crippen LogP contribution is 2.38. The van der Waals surface area contributed by atoms with Crippen LogP contribution in [0, 0.1) is 5.92 Å². The Bertz CT molecular complexity index is 774. The standard InChI is InChI=1S/C17H18BrN3O3/c18-14-5-11(6-15-16(14)24-4-3-23-15)8-20-17(22)12-1-2-21-10-19-9-13(21)7-12/h5-6,9-10,12H,1-4,7-8H2,(H,20,22)/t12-/m1/s1. The van der Waals surface area contributed by atoms with Crippen molar-refractivity contribution in [1.82, 2.24) is 14.9 Å². The van der Waals surface area contributed by atoms with Crippen LogP contribution in [-0.2, 0) is 24.3 Å². The summed E-state index contributed by atoms with van der Waals surface area (Å²) in [7, 11) is 0. The van der Waals surface area contributed by atoms with E-state index in [-0.39, 0.29) is 11.8 Å². The van der Waals surface area contributed by atoms with Crippen LogP contribution in [0.4, 0.5) is 0 Å². The van der Waals surface area contributed by atoms with Crippen molar-refractivity contribution < 1.29 is 14.3 Å². The highest BCUT2D eigenvalue weighted by atomic mass is 79.9. The summed E-state index contributed by atoms with van der Waals surface area (Å²) in [4.78, 5) is 16.6. The largest absolute Gasteiger partial charge is 0.486 e. The summed E-state index contributed by atoms with van der Waals surface area (Å²) in [6.45, 7) is 2.43. The first-order chi connectivity index (χ1) is 11.7. The smallest absolute Gasteiger partial charge is 0.223 e. The number of carbonyl (C=O) groups is 1. The molecule has 1 atom stereocenters. The zero-order valence-corrected chi connectivity index (χ0v) is 14.7. The number of amides is 1. The highest BCUT2D eigenvalue weighted by molar-refractivity contribution is 9.10. The quantitative estimate of drug-likeness (QED) is 0.871. The molecule has 1 amide bonds. The molecule has 0 saturated carbocycles. The summed E-state index contributed by atoms with van der Waals surface area (Å²) in [5, 5.41) is 3.04. The highest BCUT2D eigenvalue weighted by Gasteiger charge is 2.25. The molecule has 0 aliphatic carbocycles. The van der Waals surface area contributed by atoms with E-state index in [9.17, 15) is 4.79 Å². The number of imidazole rings is 1. The number of nitrogens with one attached hydrogen (secondary N) is 1. The molecule has 6 nitrogen and oxygen atoms in total. The van der Waals surface area contributed by atoms with Crippen LogP contribution in [-0.4, -0.2) is 28.7 Å². The first-order valence-electron chi connectivity index (χ1n) is 8.05. The van der Waals surface area contributed by atoms with Crippen molar-refractivity contribution in [1.29, 1.82) is 0 Å². The molecule has 1 aromatic carbocycles. The first kappa shape index (κ1) is 15.5. The molecular weight excluding hydrogens is 374 g/mol. The predicted molar refractivity (Wildman–Crippen MR) is 91.0 cm³/mol. The average Bonchev–Trinajstić information content (AvgIpc) is 3.07. The Morgan fingerprint density at radius 3 is 3.17 bits per heavy atom. The molecule has 0 saturated heterocycles. The Morgan fingerprint density at radius 2 is 2.25 bits per heavy atom.